The number of nitrogens with one attached hydrogen (secondary N) is 1. The van der Waals surface area contributed by atoms with Crippen LogP contribution in [0.25, 0.3) is 6.08 Å². The van der Waals surface area contributed by atoms with E-state index in [2.05, 4.69) is 5.32 Å². The highest BCUT2D eigenvalue weighted by Crippen LogP contribution is 2.30. The van der Waals surface area contributed by atoms with Gasteiger partial charge in [0.1, 0.15) is 18.2 Å². The predicted octanol–water partition coefficient (Wildman–Crippen LogP) is 5.68. The average Bonchev–Trinajstić information content (AvgIpc) is 2.87. The summed E-state index contributed by atoms with van der Waals surface area (Å²) in [6, 6.07) is 20.6. The highest BCUT2D eigenvalue weighted by atomic mass is 16.6. The zero-order valence-corrected chi connectivity index (χ0v) is 19.5. The number of nitro benzene ring substituents is 1. The van der Waals surface area contributed by atoms with Crippen molar-refractivity contribution in [3.63, 3.8) is 0 Å². The van der Waals surface area contributed by atoms with Crippen LogP contribution in [0.3, 0.4) is 0 Å². The summed E-state index contributed by atoms with van der Waals surface area (Å²) < 4.78 is 11.5. The molecule has 0 aliphatic heterocycles. The zero-order chi connectivity index (χ0) is 25.2. The van der Waals surface area contributed by atoms with Crippen molar-refractivity contribution in [3.8, 4) is 17.6 Å². The van der Waals surface area contributed by atoms with Gasteiger partial charge in [-0.3, -0.25) is 14.9 Å². The summed E-state index contributed by atoms with van der Waals surface area (Å²) in [4.78, 5) is 23.1. The van der Waals surface area contributed by atoms with Crippen LogP contribution in [0.15, 0.2) is 72.3 Å². The van der Waals surface area contributed by atoms with Gasteiger partial charge < -0.3 is 14.8 Å². The van der Waals surface area contributed by atoms with Crippen LogP contribution in [0.2, 0.25) is 0 Å². The minimum atomic E-state index is -0.513. The number of aryl methyl sites for hydroxylation is 1. The molecule has 0 heterocycles. The molecule has 0 atom stereocenters. The number of anilines is 1. The quantitative estimate of drug-likeness (QED) is 0.176. The second-order valence-electron chi connectivity index (χ2n) is 7.53. The molecule has 0 saturated carbocycles. The van der Waals surface area contributed by atoms with Crippen molar-refractivity contribution in [1.82, 2.24) is 0 Å². The molecule has 1 amide bonds. The van der Waals surface area contributed by atoms with Crippen LogP contribution in [0.4, 0.5) is 11.4 Å². The SMILES string of the molecule is CCOc1cc(/C=C(\C#N)C(=O)Nc2ccc(CC)cc2)ccc1OCc1cccc([N+](=O)[O-])c1. The molecule has 0 aliphatic carbocycles. The summed E-state index contributed by atoms with van der Waals surface area (Å²) in [6.45, 7) is 4.36. The molecule has 0 fully saturated rings. The van der Waals surface area contributed by atoms with E-state index in [0.717, 1.165) is 12.0 Å². The fourth-order valence-corrected chi connectivity index (χ4v) is 3.26. The van der Waals surface area contributed by atoms with Crippen LogP contribution in [-0.2, 0) is 17.8 Å². The number of hydrogen-bond acceptors (Lipinski definition) is 6. The topological polar surface area (TPSA) is 114 Å². The van der Waals surface area contributed by atoms with Gasteiger partial charge in [-0.25, -0.2) is 0 Å². The Hall–Kier alpha value is -4.64. The molecule has 0 saturated heterocycles. The molecule has 0 radical (unpaired) electrons. The summed E-state index contributed by atoms with van der Waals surface area (Å²) in [5.74, 6) is 0.356. The van der Waals surface area contributed by atoms with Gasteiger partial charge in [-0.2, -0.15) is 5.26 Å². The van der Waals surface area contributed by atoms with E-state index < -0.39 is 10.8 Å². The lowest BCUT2D eigenvalue weighted by atomic mass is 10.1. The van der Waals surface area contributed by atoms with E-state index in [1.807, 2.05) is 32.0 Å². The third kappa shape index (κ3) is 6.92. The summed E-state index contributed by atoms with van der Waals surface area (Å²) >= 11 is 0. The molecular formula is C27H25N3O5. The van der Waals surface area contributed by atoms with Crippen LogP contribution in [0.1, 0.15) is 30.5 Å². The first-order valence-corrected chi connectivity index (χ1v) is 11.1. The average molecular weight is 472 g/mol. The van der Waals surface area contributed by atoms with Crippen molar-refractivity contribution in [2.24, 2.45) is 0 Å². The van der Waals surface area contributed by atoms with Gasteiger partial charge in [0.05, 0.1) is 11.5 Å². The molecule has 0 aliphatic rings. The molecule has 0 bridgehead atoms. The number of amides is 1. The van der Waals surface area contributed by atoms with E-state index in [-0.39, 0.29) is 17.9 Å². The van der Waals surface area contributed by atoms with Gasteiger partial charge in [-0.1, -0.05) is 37.3 Å². The number of nitro groups is 1. The van der Waals surface area contributed by atoms with Crippen molar-refractivity contribution in [3.05, 3.63) is 99.1 Å². The second-order valence-corrected chi connectivity index (χ2v) is 7.53. The number of rotatable bonds is 10. The van der Waals surface area contributed by atoms with E-state index in [0.29, 0.717) is 34.9 Å². The molecule has 8 nitrogen and oxygen atoms in total. The lowest BCUT2D eigenvalue weighted by molar-refractivity contribution is -0.384. The molecule has 3 aromatic rings. The molecule has 0 aromatic heterocycles. The third-order valence-corrected chi connectivity index (χ3v) is 5.08. The number of nitrogens with zero attached hydrogens (tertiary/aromatic N) is 2. The molecular weight excluding hydrogens is 446 g/mol. The van der Waals surface area contributed by atoms with Gasteiger partial charge in [-0.05, 0) is 60.4 Å². The number of non-ortho nitro benzene ring substituents is 1. The van der Waals surface area contributed by atoms with E-state index in [4.69, 9.17) is 9.47 Å². The van der Waals surface area contributed by atoms with Gasteiger partial charge in [0, 0.05) is 17.8 Å². The zero-order valence-electron chi connectivity index (χ0n) is 19.5. The number of carbonyl (C=O) groups is 1. The maximum absolute atomic E-state index is 12.6. The Labute approximate surface area is 203 Å². The van der Waals surface area contributed by atoms with Crippen LogP contribution in [0, 0.1) is 21.4 Å². The number of carbonyl (C=O) groups excluding carboxylic acids is 1. The highest BCUT2D eigenvalue weighted by Gasteiger charge is 2.12. The second kappa shape index (κ2) is 12.0. The van der Waals surface area contributed by atoms with E-state index >= 15 is 0 Å². The molecule has 35 heavy (non-hydrogen) atoms. The van der Waals surface area contributed by atoms with Gasteiger partial charge in [0.2, 0.25) is 0 Å². The maximum atomic E-state index is 12.6. The first-order chi connectivity index (χ1) is 16.9. The van der Waals surface area contributed by atoms with Crippen LogP contribution >= 0.6 is 0 Å². The largest absolute Gasteiger partial charge is 0.490 e. The smallest absolute Gasteiger partial charge is 0.269 e. The molecule has 1 N–H and O–H groups in total. The van der Waals surface area contributed by atoms with Crippen LogP contribution in [0.5, 0.6) is 11.5 Å². The van der Waals surface area contributed by atoms with Crippen LogP contribution < -0.4 is 14.8 Å². The Bertz CT molecular complexity index is 1280. The molecule has 0 spiro atoms. The minimum Gasteiger partial charge on any atom is -0.490 e. The normalized spacial score (nSPS) is 10.8. The summed E-state index contributed by atoms with van der Waals surface area (Å²) in [5, 5.41) is 23.2. The first kappa shape index (κ1) is 25.0. The summed E-state index contributed by atoms with van der Waals surface area (Å²) in [7, 11) is 0. The Morgan fingerprint density at radius 3 is 2.46 bits per heavy atom. The minimum absolute atomic E-state index is 0.0137. The first-order valence-electron chi connectivity index (χ1n) is 11.1. The van der Waals surface area contributed by atoms with E-state index in [9.17, 15) is 20.2 Å². The lowest BCUT2D eigenvalue weighted by Gasteiger charge is -2.13. The number of hydrogen-bond donors (Lipinski definition) is 1. The lowest BCUT2D eigenvalue weighted by Crippen LogP contribution is -2.13. The molecule has 3 rings (SSSR count). The monoisotopic (exact) mass is 471 g/mol. The van der Waals surface area contributed by atoms with Crippen molar-refractivity contribution < 1.29 is 19.2 Å². The number of ether oxygens (including phenoxy) is 2. The molecule has 0 unspecified atom stereocenters. The highest BCUT2D eigenvalue weighted by molar-refractivity contribution is 6.09. The number of benzene rings is 3. The third-order valence-electron chi connectivity index (χ3n) is 5.08. The van der Waals surface area contributed by atoms with Crippen molar-refractivity contribution in [2.45, 2.75) is 26.9 Å². The number of nitriles is 1. The van der Waals surface area contributed by atoms with Crippen molar-refractivity contribution >= 4 is 23.4 Å². The van der Waals surface area contributed by atoms with Gasteiger partial charge >= 0.3 is 0 Å². The fourth-order valence-electron chi connectivity index (χ4n) is 3.26. The van der Waals surface area contributed by atoms with E-state index in [1.165, 1.54) is 18.2 Å². The van der Waals surface area contributed by atoms with Crippen molar-refractivity contribution in [1.29, 1.82) is 5.26 Å². The molecule has 178 valence electrons. The van der Waals surface area contributed by atoms with Gasteiger partial charge in [0.15, 0.2) is 11.5 Å². The maximum Gasteiger partial charge on any atom is 0.269 e. The summed E-state index contributed by atoms with van der Waals surface area (Å²) in [6.07, 6.45) is 2.37. The Morgan fingerprint density at radius 2 is 1.80 bits per heavy atom. The molecule has 3 aromatic carbocycles. The van der Waals surface area contributed by atoms with Crippen molar-refractivity contribution in [2.75, 3.05) is 11.9 Å². The summed E-state index contributed by atoms with van der Waals surface area (Å²) in [5.41, 5.74) is 2.91. The molecule has 8 heteroatoms. The van der Waals surface area contributed by atoms with Gasteiger partial charge in [0.25, 0.3) is 11.6 Å². The predicted molar refractivity (Wildman–Crippen MR) is 133 cm³/mol. The Balaban J connectivity index is 1.76. The standard InChI is InChI=1S/C27H25N3O5/c1-3-19-8-11-23(12-9-19)29-27(31)22(17-28)14-20-10-13-25(26(16-20)34-4-2)35-18-21-6-5-7-24(15-21)30(32)33/h5-16H,3-4,18H2,1-2H3,(H,29,31)/b22-14+. The Kier molecular flexibility index (Phi) is 8.57. The Morgan fingerprint density at radius 1 is 1.03 bits per heavy atom. The van der Waals surface area contributed by atoms with E-state index in [1.54, 1.807) is 42.5 Å². The van der Waals surface area contributed by atoms with Gasteiger partial charge in [-0.15, -0.1) is 0 Å². The fraction of sp³-hybridized carbons (Fsp3) is 0.185. The van der Waals surface area contributed by atoms with Crippen LogP contribution in [-0.4, -0.2) is 17.4 Å².